The Balaban J connectivity index is 3.37. The van der Waals surface area contributed by atoms with E-state index in [1.807, 2.05) is 6.92 Å². The largest absolute Gasteiger partial charge is 0.353 e. The third-order valence-corrected chi connectivity index (χ3v) is 1.94. The summed E-state index contributed by atoms with van der Waals surface area (Å²) in [6.07, 6.45) is 2.20. The van der Waals surface area contributed by atoms with Crippen molar-refractivity contribution in [1.82, 2.24) is 5.32 Å². The molecule has 0 aliphatic heterocycles. The molecule has 1 atom stereocenters. The van der Waals surface area contributed by atoms with Gasteiger partial charge in [0, 0.05) is 6.04 Å². The molecule has 0 aromatic rings. The van der Waals surface area contributed by atoms with Gasteiger partial charge in [0.25, 0.3) is 0 Å². The highest BCUT2D eigenvalue weighted by Crippen LogP contribution is 1.94. The smallest absolute Gasteiger partial charge is 0.230 e. The number of carbonyl (C=O) groups is 1. The number of amides is 1. The maximum atomic E-state index is 10.8. The standard InChI is InChI=1S/C7H14INO/c1-3-4-6(2)9-7(10)5-8/h6H,3-5H2,1-2H3,(H,9,10). The summed E-state index contributed by atoms with van der Waals surface area (Å²) in [6, 6.07) is 0.340. The lowest BCUT2D eigenvalue weighted by Gasteiger charge is -2.10. The normalized spacial score (nSPS) is 12.7. The molecule has 1 unspecified atom stereocenters. The molecule has 0 aliphatic rings. The van der Waals surface area contributed by atoms with Gasteiger partial charge in [0.05, 0.1) is 4.43 Å². The first-order valence-corrected chi connectivity index (χ1v) is 5.08. The molecule has 1 N–H and O–H groups in total. The van der Waals surface area contributed by atoms with Crippen molar-refractivity contribution in [1.29, 1.82) is 0 Å². The predicted molar refractivity (Wildman–Crippen MR) is 51.4 cm³/mol. The quantitative estimate of drug-likeness (QED) is 0.601. The van der Waals surface area contributed by atoms with Crippen LogP contribution in [0.5, 0.6) is 0 Å². The Morgan fingerprint density at radius 2 is 2.30 bits per heavy atom. The van der Waals surface area contributed by atoms with Crippen LogP contribution in [0.3, 0.4) is 0 Å². The van der Waals surface area contributed by atoms with E-state index in [9.17, 15) is 4.79 Å². The van der Waals surface area contributed by atoms with Gasteiger partial charge in [0.15, 0.2) is 0 Å². The highest BCUT2D eigenvalue weighted by molar-refractivity contribution is 14.1. The summed E-state index contributed by atoms with van der Waals surface area (Å²) in [6.45, 7) is 4.15. The Morgan fingerprint density at radius 1 is 1.70 bits per heavy atom. The second-order valence-electron chi connectivity index (χ2n) is 2.39. The fourth-order valence-corrected chi connectivity index (χ4v) is 1.04. The molecule has 0 rings (SSSR count). The molecule has 60 valence electrons. The van der Waals surface area contributed by atoms with Crippen molar-refractivity contribution in [3.05, 3.63) is 0 Å². The van der Waals surface area contributed by atoms with E-state index in [4.69, 9.17) is 0 Å². The van der Waals surface area contributed by atoms with Crippen LogP contribution in [0.1, 0.15) is 26.7 Å². The van der Waals surface area contributed by atoms with Gasteiger partial charge < -0.3 is 5.32 Å². The molecule has 10 heavy (non-hydrogen) atoms. The van der Waals surface area contributed by atoms with Crippen molar-refractivity contribution in [2.45, 2.75) is 32.7 Å². The van der Waals surface area contributed by atoms with Crippen LogP contribution in [-0.2, 0) is 4.79 Å². The number of nitrogens with one attached hydrogen (secondary N) is 1. The van der Waals surface area contributed by atoms with Crippen LogP contribution in [0.15, 0.2) is 0 Å². The van der Waals surface area contributed by atoms with E-state index >= 15 is 0 Å². The molecular formula is C7H14INO. The second-order valence-corrected chi connectivity index (χ2v) is 3.15. The molecule has 0 aliphatic carbocycles. The molecule has 0 heterocycles. The minimum atomic E-state index is 0.140. The molecule has 0 saturated heterocycles. The summed E-state index contributed by atoms with van der Waals surface area (Å²) in [5.74, 6) is 0.140. The number of hydrogen-bond acceptors (Lipinski definition) is 1. The van der Waals surface area contributed by atoms with Crippen molar-refractivity contribution in [2.24, 2.45) is 0 Å². The molecule has 0 spiro atoms. The van der Waals surface area contributed by atoms with Crippen LogP contribution in [-0.4, -0.2) is 16.4 Å². The zero-order valence-electron chi connectivity index (χ0n) is 6.48. The number of rotatable bonds is 4. The third-order valence-electron chi connectivity index (χ3n) is 1.25. The SMILES string of the molecule is CCCC(C)NC(=O)CI. The molecule has 0 aromatic heterocycles. The van der Waals surface area contributed by atoms with Gasteiger partial charge in [-0.15, -0.1) is 0 Å². The minimum absolute atomic E-state index is 0.140. The average Bonchev–Trinajstić information content (AvgIpc) is 1.88. The van der Waals surface area contributed by atoms with E-state index < -0.39 is 0 Å². The van der Waals surface area contributed by atoms with Gasteiger partial charge >= 0.3 is 0 Å². The number of hydrogen-bond donors (Lipinski definition) is 1. The van der Waals surface area contributed by atoms with E-state index in [1.54, 1.807) is 0 Å². The fraction of sp³-hybridized carbons (Fsp3) is 0.857. The number of carbonyl (C=O) groups excluding carboxylic acids is 1. The van der Waals surface area contributed by atoms with Gasteiger partial charge in [0.1, 0.15) is 0 Å². The molecule has 0 saturated carbocycles. The third kappa shape index (κ3) is 5.02. The van der Waals surface area contributed by atoms with E-state index in [-0.39, 0.29) is 5.91 Å². The van der Waals surface area contributed by atoms with Crippen molar-refractivity contribution < 1.29 is 4.79 Å². The topological polar surface area (TPSA) is 29.1 Å². The first-order chi connectivity index (χ1) is 4.70. The van der Waals surface area contributed by atoms with Crippen molar-refractivity contribution >= 4 is 28.5 Å². The van der Waals surface area contributed by atoms with Crippen molar-refractivity contribution in [3.63, 3.8) is 0 Å². The first kappa shape index (κ1) is 10.2. The summed E-state index contributed by atoms with van der Waals surface area (Å²) in [5.41, 5.74) is 0. The van der Waals surface area contributed by atoms with Crippen LogP contribution >= 0.6 is 22.6 Å². The van der Waals surface area contributed by atoms with E-state index in [1.165, 1.54) is 0 Å². The lowest BCUT2D eigenvalue weighted by molar-refractivity contribution is -0.118. The second kappa shape index (κ2) is 5.95. The predicted octanol–water partition coefficient (Wildman–Crippen LogP) is 1.73. The molecule has 0 bridgehead atoms. The van der Waals surface area contributed by atoms with Gasteiger partial charge in [-0.1, -0.05) is 35.9 Å². The van der Waals surface area contributed by atoms with Gasteiger partial charge in [-0.25, -0.2) is 0 Å². The Bertz CT molecular complexity index is 106. The maximum absolute atomic E-state index is 10.8. The molecule has 2 nitrogen and oxygen atoms in total. The molecule has 1 amide bonds. The van der Waals surface area contributed by atoms with Crippen LogP contribution < -0.4 is 5.32 Å². The Labute approximate surface area is 75.9 Å². The summed E-state index contributed by atoms with van der Waals surface area (Å²) in [5, 5.41) is 2.88. The molecule has 3 heteroatoms. The maximum Gasteiger partial charge on any atom is 0.230 e. The lowest BCUT2D eigenvalue weighted by Crippen LogP contribution is -2.32. The first-order valence-electron chi connectivity index (χ1n) is 3.56. The molecule has 0 fully saturated rings. The number of alkyl halides is 1. The summed E-state index contributed by atoms with van der Waals surface area (Å²) in [7, 11) is 0. The summed E-state index contributed by atoms with van der Waals surface area (Å²) < 4.78 is 0.561. The van der Waals surface area contributed by atoms with Crippen LogP contribution in [0.25, 0.3) is 0 Å². The van der Waals surface area contributed by atoms with Gasteiger partial charge in [-0.2, -0.15) is 0 Å². The van der Waals surface area contributed by atoms with Gasteiger partial charge in [-0.05, 0) is 13.3 Å². The highest BCUT2D eigenvalue weighted by atomic mass is 127. The average molecular weight is 255 g/mol. The fourth-order valence-electron chi connectivity index (χ4n) is 0.819. The zero-order valence-corrected chi connectivity index (χ0v) is 8.64. The van der Waals surface area contributed by atoms with E-state index in [2.05, 4.69) is 34.8 Å². The molecular weight excluding hydrogens is 241 g/mol. The van der Waals surface area contributed by atoms with Gasteiger partial charge in [0.2, 0.25) is 5.91 Å². The minimum Gasteiger partial charge on any atom is -0.353 e. The monoisotopic (exact) mass is 255 g/mol. The zero-order chi connectivity index (χ0) is 7.98. The summed E-state index contributed by atoms with van der Waals surface area (Å²) >= 11 is 2.06. The molecule has 0 aromatic carbocycles. The molecule has 0 radical (unpaired) electrons. The van der Waals surface area contributed by atoms with Crippen LogP contribution in [0, 0.1) is 0 Å². The Morgan fingerprint density at radius 3 is 2.70 bits per heavy atom. The lowest BCUT2D eigenvalue weighted by atomic mass is 10.2. The Kier molecular flexibility index (Phi) is 6.06. The van der Waals surface area contributed by atoms with Crippen LogP contribution in [0.4, 0.5) is 0 Å². The van der Waals surface area contributed by atoms with Gasteiger partial charge in [-0.3, -0.25) is 4.79 Å². The summed E-state index contributed by atoms with van der Waals surface area (Å²) in [4.78, 5) is 10.8. The van der Waals surface area contributed by atoms with Crippen molar-refractivity contribution in [2.75, 3.05) is 4.43 Å². The van der Waals surface area contributed by atoms with E-state index in [0.717, 1.165) is 12.8 Å². The Hall–Kier alpha value is 0.200. The number of halogens is 1. The highest BCUT2D eigenvalue weighted by Gasteiger charge is 2.02. The van der Waals surface area contributed by atoms with Crippen LogP contribution in [0.2, 0.25) is 0 Å². The van der Waals surface area contributed by atoms with E-state index in [0.29, 0.717) is 10.5 Å². The van der Waals surface area contributed by atoms with Crippen molar-refractivity contribution in [3.8, 4) is 0 Å².